The lowest BCUT2D eigenvalue weighted by Crippen LogP contribution is -2.28. The van der Waals surface area contributed by atoms with Gasteiger partial charge >= 0.3 is 0 Å². The van der Waals surface area contributed by atoms with Gasteiger partial charge in [-0.3, -0.25) is 4.79 Å². The highest BCUT2D eigenvalue weighted by molar-refractivity contribution is 7.16. The minimum atomic E-state index is 0. The lowest BCUT2D eigenvalue weighted by atomic mass is 10.00. The van der Waals surface area contributed by atoms with Crippen LogP contribution in [0.4, 0.5) is 5.69 Å². The smallest absolute Gasteiger partial charge is 0.224 e. The summed E-state index contributed by atoms with van der Waals surface area (Å²) in [6.45, 7) is 0. The molecule has 0 aliphatic heterocycles. The number of fused-ring (bicyclic) bond motifs is 1. The predicted octanol–water partition coefficient (Wildman–Crippen LogP) is 3.17. The van der Waals surface area contributed by atoms with Gasteiger partial charge in [0, 0.05) is 18.2 Å². The molecule has 1 fully saturated rings. The maximum Gasteiger partial charge on any atom is 0.224 e. The van der Waals surface area contributed by atoms with E-state index in [4.69, 9.17) is 5.73 Å². The molecule has 2 atom stereocenters. The number of amides is 1. The average Bonchev–Trinajstić information content (AvgIpc) is 2.98. The largest absolute Gasteiger partial charge is 0.327 e. The molecule has 1 amide bonds. The summed E-state index contributed by atoms with van der Waals surface area (Å²) in [5.41, 5.74) is 9.55. The summed E-state index contributed by atoms with van der Waals surface area (Å²) in [7, 11) is 0. The molecule has 0 saturated heterocycles. The molecular weight excluding hydrogens is 294 g/mol. The van der Waals surface area contributed by atoms with Crippen LogP contribution in [0, 0.1) is 5.92 Å². The molecule has 0 spiro atoms. The molecule has 108 valence electrons. The number of thiazole rings is 1. The van der Waals surface area contributed by atoms with E-state index >= 15 is 0 Å². The van der Waals surface area contributed by atoms with Crippen molar-refractivity contribution in [1.29, 1.82) is 0 Å². The van der Waals surface area contributed by atoms with Gasteiger partial charge in [0.05, 0.1) is 15.7 Å². The standard InChI is InChI=1S/C14H17N3OS.ClH/c15-11-3-1-2-9(11)6-14(18)17-10-4-5-13-12(7-10)16-8-19-13;/h4-5,7-9,11H,1-3,6,15H2,(H,17,18);1H/t9-,11+;/m0./s1. The highest BCUT2D eigenvalue weighted by atomic mass is 35.5. The van der Waals surface area contributed by atoms with Crippen molar-refractivity contribution in [2.45, 2.75) is 31.7 Å². The molecule has 3 N–H and O–H groups in total. The van der Waals surface area contributed by atoms with Gasteiger partial charge in [0.25, 0.3) is 0 Å². The van der Waals surface area contributed by atoms with Crippen LogP contribution >= 0.6 is 23.7 Å². The van der Waals surface area contributed by atoms with Gasteiger partial charge in [-0.2, -0.15) is 0 Å². The summed E-state index contributed by atoms with van der Waals surface area (Å²) in [5, 5.41) is 2.94. The molecule has 1 aromatic heterocycles. The number of aromatic nitrogens is 1. The van der Waals surface area contributed by atoms with Crippen molar-refractivity contribution in [3.05, 3.63) is 23.7 Å². The Morgan fingerprint density at radius 1 is 1.45 bits per heavy atom. The van der Waals surface area contributed by atoms with Crippen LogP contribution in [0.15, 0.2) is 23.7 Å². The fourth-order valence-electron chi connectivity index (χ4n) is 2.70. The number of anilines is 1. The summed E-state index contributed by atoms with van der Waals surface area (Å²) in [4.78, 5) is 16.3. The van der Waals surface area contributed by atoms with Gasteiger partial charge in [-0.1, -0.05) is 6.42 Å². The van der Waals surface area contributed by atoms with E-state index in [9.17, 15) is 4.79 Å². The average molecular weight is 312 g/mol. The van der Waals surface area contributed by atoms with Crippen molar-refractivity contribution in [2.75, 3.05) is 5.32 Å². The SMILES string of the molecule is Cl.N[C@@H]1CCC[C@H]1CC(=O)Nc1ccc2scnc2c1. The van der Waals surface area contributed by atoms with E-state index in [0.29, 0.717) is 12.3 Å². The first-order valence-corrected chi connectivity index (χ1v) is 7.49. The van der Waals surface area contributed by atoms with E-state index in [-0.39, 0.29) is 24.4 Å². The first-order valence-electron chi connectivity index (χ1n) is 6.61. The van der Waals surface area contributed by atoms with E-state index < -0.39 is 0 Å². The minimum absolute atomic E-state index is 0. The fourth-order valence-corrected chi connectivity index (χ4v) is 3.36. The molecule has 4 nitrogen and oxygen atoms in total. The first kappa shape index (κ1) is 15.2. The van der Waals surface area contributed by atoms with Crippen LogP contribution in [0.25, 0.3) is 10.2 Å². The van der Waals surface area contributed by atoms with Crippen LogP contribution in [0.1, 0.15) is 25.7 Å². The Morgan fingerprint density at radius 3 is 3.05 bits per heavy atom. The zero-order valence-corrected chi connectivity index (χ0v) is 12.7. The molecule has 0 bridgehead atoms. The molecule has 1 aliphatic carbocycles. The maximum atomic E-state index is 12.0. The van der Waals surface area contributed by atoms with Crippen molar-refractivity contribution in [2.24, 2.45) is 11.7 Å². The number of rotatable bonds is 3. The highest BCUT2D eigenvalue weighted by Gasteiger charge is 2.25. The first-order chi connectivity index (χ1) is 9.22. The summed E-state index contributed by atoms with van der Waals surface area (Å²) in [6, 6.07) is 6.02. The van der Waals surface area contributed by atoms with E-state index in [2.05, 4.69) is 10.3 Å². The molecule has 2 aromatic rings. The molecule has 1 aliphatic rings. The fraction of sp³-hybridized carbons (Fsp3) is 0.429. The van der Waals surface area contributed by atoms with Gasteiger partial charge < -0.3 is 11.1 Å². The molecule has 1 aromatic carbocycles. The number of hydrogen-bond acceptors (Lipinski definition) is 4. The van der Waals surface area contributed by atoms with Crippen LogP contribution in [-0.4, -0.2) is 16.9 Å². The predicted molar refractivity (Wildman–Crippen MR) is 85.4 cm³/mol. The summed E-state index contributed by atoms with van der Waals surface area (Å²) < 4.78 is 1.14. The van der Waals surface area contributed by atoms with Gasteiger partial charge in [0.1, 0.15) is 0 Å². The van der Waals surface area contributed by atoms with Gasteiger partial charge in [0.2, 0.25) is 5.91 Å². The minimum Gasteiger partial charge on any atom is -0.327 e. The third-order valence-corrected chi connectivity index (χ3v) is 4.59. The molecule has 0 radical (unpaired) electrons. The number of hydrogen-bond donors (Lipinski definition) is 2. The van der Waals surface area contributed by atoms with Gasteiger partial charge in [-0.05, 0) is 37.0 Å². The van der Waals surface area contributed by atoms with Gasteiger partial charge in [-0.25, -0.2) is 4.98 Å². The number of nitrogens with zero attached hydrogens (tertiary/aromatic N) is 1. The third kappa shape index (κ3) is 3.29. The topological polar surface area (TPSA) is 68.0 Å². The van der Waals surface area contributed by atoms with Gasteiger partial charge in [-0.15, -0.1) is 23.7 Å². The second kappa shape index (κ2) is 6.52. The summed E-state index contributed by atoms with van der Waals surface area (Å²) >= 11 is 1.60. The number of carbonyl (C=O) groups is 1. The lowest BCUT2D eigenvalue weighted by Gasteiger charge is -2.14. The summed E-state index contributed by atoms with van der Waals surface area (Å²) in [6.07, 6.45) is 3.78. The molecule has 0 unspecified atom stereocenters. The normalized spacial score (nSPS) is 21.6. The Balaban J connectivity index is 0.00000147. The lowest BCUT2D eigenvalue weighted by molar-refractivity contribution is -0.117. The Hall–Kier alpha value is -1.17. The number of nitrogens with two attached hydrogens (primary N) is 1. The molecule has 3 rings (SSSR count). The Morgan fingerprint density at radius 2 is 2.30 bits per heavy atom. The van der Waals surface area contributed by atoms with Crippen molar-refractivity contribution in [3.8, 4) is 0 Å². The number of benzene rings is 1. The molecule has 1 heterocycles. The Bertz CT molecular complexity index is 601. The van der Waals surface area contributed by atoms with Crippen molar-refractivity contribution in [1.82, 2.24) is 4.98 Å². The Kier molecular flexibility index (Phi) is 4.96. The number of nitrogens with one attached hydrogen (secondary N) is 1. The van der Waals surface area contributed by atoms with E-state index in [1.165, 1.54) is 0 Å². The zero-order valence-electron chi connectivity index (χ0n) is 11.0. The number of carbonyl (C=O) groups excluding carboxylic acids is 1. The number of halogens is 1. The quantitative estimate of drug-likeness (QED) is 0.914. The molecule has 1 saturated carbocycles. The third-order valence-electron chi connectivity index (χ3n) is 3.78. The van der Waals surface area contributed by atoms with Crippen molar-refractivity contribution >= 4 is 45.6 Å². The second-order valence-electron chi connectivity index (χ2n) is 5.14. The van der Waals surface area contributed by atoms with Crippen LogP contribution in [0.2, 0.25) is 0 Å². The zero-order chi connectivity index (χ0) is 13.2. The summed E-state index contributed by atoms with van der Waals surface area (Å²) in [5.74, 6) is 0.389. The molecule has 20 heavy (non-hydrogen) atoms. The van der Waals surface area contributed by atoms with Crippen LogP contribution < -0.4 is 11.1 Å². The van der Waals surface area contributed by atoms with E-state index in [1.54, 1.807) is 11.3 Å². The molecular formula is C14H18ClN3OS. The highest BCUT2D eigenvalue weighted by Crippen LogP contribution is 2.27. The van der Waals surface area contributed by atoms with Crippen LogP contribution in [-0.2, 0) is 4.79 Å². The molecule has 6 heteroatoms. The van der Waals surface area contributed by atoms with Gasteiger partial charge in [0.15, 0.2) is 0 Å². The van der Waals surface area contributed by atoms with E-state index in [0.717, 1.165) is 35.2 Å². The second-order valence-corrected chi connectivity index (χ2v) is 6.03. The van der Waals surface area contributed by atoms with Crippen LogP contribution in [0.3, 0.4) is 0 Å². The monoisotopic (exact) mass is 311 g/mol. The van der Waals surface area contributed by atoms with Crippen LogP contribution in [0.5, 0.6) is 0 Å². The van der Waals surface area contributed by atoms with Crippen molar-refractivity contribution in [3.63, 3.8) is 0 Å². The Labute approximate surface area is 128 Å². The maximum absolute atomic E-state index is 12.0. The van der Waals surface area contributed by atoms with Crippen molar-refractivity contribution < 1.29 is 4.79 Å². The van der Waals surface area contributed by atoms with E-state index in [1.807, 2.05) is 23.7 Å².